The van der Waals surface area contributed by atoms with Crippen molar-refractivity contribution in [1.82, 2.24) is 9.13 Å². The maximum Gasteiger partial charge on any atom is 0.151 e. The molecule has 11 aromatic rings. The highest BCUT2D eigenvalue weighted by Gasteiger charge is 2.24. The molecule has 49 heavy (non-hydrogen) atoms. The number of hydrogen-bond acceptors (Lipinski definition) is 2. The summed E-state index contributed by atoms with van der Waals surface area (Å²) in [5.41, 5.74) is 10.0. The van der Waals surface area contributed by atoms with E-state index in [1.54, 1.807) is 0 Å². The van der Waals surface area contributed by atoms with Crippen molar-refractivity contribution in [2.45, 2.75) is 0 Å². The van der Waals surface area contributed by atoms with Crippen molar-refractivity contribution in [2.24, 2.45) is 0 Å². The van der Waals surface area contributed by atoms with Crippen molar-refractivity contribution in [3.05, 3.63) is 142 Å². The monoisotopic (exact) mass is 778 g/mol. The number of furan rings is 2. The number of benzene rings is 7. The number of rotatable bonds is 2. The molecule has 0 atom stereocenters. The molecule has 7 aromatic carbocycles. The second-order valence-corrected chi connectivity index (χ2v) is 13.9. The van der Waals surface area contributed by atoms with Crippen LogP contribution < -0.4 is 0 Å². The fourth-order valence-electron chi connectivity index (χ4n) is 7.82. The Morgan fingerprint density at radius 1 is 0.388 bits per heavy atom. The van der Waals surface area contributed by atoms with Gasteiger partial charge in [-0.2, -0.15) is 13.5 Å². The van der Waals surface area contributed by atoms with Gasteiger partial charge in [0.1, 0.15) is 11.2 Å². The summed E-state index contributed by atoms with van der Waals surface area (Å²) in [6, 6.07) is 47.2. The average molecular weight is 781 g/mol. The maximum absolute atomic E-state index is 6.62. The number of nitrogens with zero attached hydrogens (tertiary/aromatic N) is 2. The molecule has 0 fully saturated rings. The Bertz CT molecular complexity index is 2840. The van der Waals surface area contributed by atoms with E-state index in [9.17, 15) is 0 Å². The van der Waals surface area contributed by atoms with Crippen LogP contribution in [0.5, 0.6) is 0 Å². The van der Waals surface area contributed by atoms with Crippen LogP contribution in [0, 0.1) is 0 Å². The largest absolute Gasteiger partial charge is 0.455 e. The first-order chi connectivity index (χ1) is 23.7. The molecule has 0 spiro atoms. The number of hydrogen-bond donors (Lipinski definition) is 0. The predicted octanol–water partition coefficient (Wildman–Crippen LogP) is 13.3. The van der Waals surface area contributed by atoms with Gasteiger partial charge in [-0.3, -0.25) is 0 Å². The van der Waals surface area contributed by atoms with E-state index in [2.05, 4.69) is 174 Å². The molecule has 0 amide bonds. The van der Waals surface area contributed by atoms with E-state index in [0.717, 1.165) is 64.2 Å². The first kappa shape index (κ1) is 29.0. The standard InChI is InChI=1S/C42H22Br2N2O2.H2S/c43-39-37-29-21-23(45-31-13-5-1-9-25(31)26-10-2-6-14-32(26)45)17-19-35(29)47-41(37)40(44)38-30-22-24(18-20-36(30)48-42(38)39)46-33-15-7-3-11-27(33)28-12-4-8-16-34(28)46;/h1-22H;1H2. The number of aromatic nitrogens is 2. The van der Waals surface area contributed by atoms with Crippen LogP contribution in [0.4, 0.5) is 0 Å². The highest BCUT2D eigenvalue weighted by molar-refractivity contribution is 9.11. The van der Waals surface area contributed by atoms with Gasteiger partial charge in [-0.1, -0.05) is 72.8 Å². The summed E-state index contributed by atoms with van der Waals surface area (Å²) in [5, 5.41) is 8.94. The van der Waals surface area contributed by atoms with Gasteiger partial charge >= 0.3 is 0 Å². The third-order valence-corrected chi connectivity index (χ3v) is 11.4. The van der Waals surface area contributed by atoms with Gasteiger partial charge < -0.3 is 18.0 Å². The zero-order valence-electron chi connectivity index (χ0n) is 25.7. The summed E-state index contributed by atoms with van der Waals surface area (Å²) in [6.07, 6.45) is 0. The highest BCUT2D eigenvalue weighted by atomic mass is 79.9. The summed E-state index contributed by atoms with van der Waals surface area (Å²) in [6.45, 7) is 0. The maximum atomic E-state index is 6.62. The van der Waals surface area contributed by atoms with Gasteiger partial charge in [0.25, 0.3) is 0 Å². The molecule has 0 unspecified atom stereocenters. The SMILES string of the molecule is Brc1c2oc3ccc(-n4c5ccccc5c5ccccc54)cc3c2c(Br)c2oc3ccc(-n4c5ccccc5c5ccccc54)cc3c12.S. The van der Waals surface area contributed by atoms with Crippen LogP contribution in [0.3, 0.4) is 0 Å². The van der Waals surface area contributed by atoms with E-state index in [1.807, 2.05) is 0 Å². The molecule has 234 valence electrons. The van der Waals surface area contributed by atoms with Gasteiger partial charge in [0.2, 0.25) is 0 Å². The molecule has 4 heterocycles. The average Bonchev–Trinajstić information content (AvgIpc) is 3.88. The minimum Gasteiger partial charge on any atom is -0.455 e. The lowest BCUT2D eigenvalue weighted by Gasteiger charge is -2.08. The molecule has 0 aliphatic rings. The lowest BCUT2D eigenvalue weighted by Crippen LogP contribution is -1.93. The zero-order valence-corrected chi connectivity index (χ0v) is 29.8. The molecule has 0 aliphatic heterocycles. The van der Waals surface area contributed by atoms with Crippen molar-refractivity contribution in [2.75, 3.05) is 0 Å². The Labute approximate surface area is 302 Å². The van der Waals surface area contributed by atoms with Crippen LogP contribution in [0.25, 0.3) is 98.9 Å². The van der Waals surface area contributed by atoms with Gasteiger partial charge in [0.15, 0.2) is 11.2 Å². The predicted molar refractivity (Wildman–Crippen MR) is 215 cm³/mol. The van der Waals surface area contributed by atoms with Crippen LogP contribution in [0.1, 0.15) is 0 Å². The van der Waals surface area contributed by atoms with E-state index in [1.165, 1.54) is 43.6 Å². The lowest BCUT2D eigenvalue weighted by atomic mass is 10.1. The summed E-state index contributed by atoms with van der Waals surface area (Å²) >= 11 is 7.97. The van der Waals surface area contributed by atoms with Crippen molar-refractivity contribution >= 4 is 133 Å². The Morgan fingerprint density at radius 2 is 0.714 bits per heavy atom. The van der Waals surface area contributed by atoms with Crippen LogP contribution in [0.2, 0.25) is 0 Å². The van der Waals surface area contributed by atoms with Crippen LogP contribution >= 0.6 is 45.4 Å². The number of halogens is 2. The van der Waals surface area contributed by atoms with E-state index >= 15 is 0 Å². The number of fused-ring (bicyclic) bond motifs is 12. The Hall–Kier alpha value is -4.95. The lowest BCUT2D eigenvalue weighted by molar-refractivity contribution is 0.661. The molecule has 4 nitrogen and oxygen atoms in total. The van der Waals surface area contributed by atoms with Crippen LogP contribution in [-0.2, 0) is 0 Å². The summed E-state index contributed by atoms with van der Waals surface area (Å²) in [4.78, 5) is 0. The van der Waals surface area contributed by atoms with E-state index in [-0.39, 0.29) is 13.5 Å². The Morgan fingerprint density at radius 3 is 1.06 bits per heavy atom. The summed E-state index contributed by atoms with van der Waals surface area (Å²) < 4.78 is 19.7. The van der Waals surface area contributed by atoms with E-state index in [4.69, 9.17) is 8.83 Å². The van der Waals surface area contributed by atoms with Crippen LogP contribution in [0.15, 0.2) is 151 Å². The molecule has 0 bridgehead atoms. The molecule has 0 N–H and O–H groups in total. The minimum atomic E-state index is 0. The number of para-hydroxylation sites is 4. The smallest absolute Gasteiger partial charge is 0.151 e. The first-order valence-electron chi connectivity index (χ1n) is 15.8. The molecule has 7 heteroatoms. The van der Waals surface area contributed by atoms with Gasteiger partial charge in [-0.15, -0.1) is 0 Å². The van der Waals surface area contributed by atoms with E-state index in [0.29, 0.717) is 0 Å². The van der Waals surface area contributed by atoms with Gasteiger partial charge in [-0.25, -0.2) is 0 Å². The fraction of sp³-hybridized carbons (Fsp3) is 0. The van der Waals surface area contributed by atoms with Gasteiger partial charge in [-0.05, 0) is 92.5 Å². The Kier molecular flexibility index (Phi) is 6.23. The highest BCUT2D eigenvalue weighted by Crippen LogP contribution is 2.48. The van der Waals surface area contributed by atoms with Crippen molar-refractivity contribution in [3.8, 4) is 11.4 Å². The quantitative estimate of drug-likeness (QED) is 0.175. The molecular weight excluding hydrogens is 756 g/mol. The third kappa shape index (κ3) is 3.86. The normalized spacial score (nSPS) is 12.1. The molecule has 11 rings (SSSR count). The Balaban J connectivity index is 0.00000306. The molecule has 0 aliphatic carbocycles. The summed E-state index contributed by atoms with van der Waals surface area (Å²) in [7, 11) is 0. The van der Waals surface area contributed by atoms with Crippen molar-refractivity contribution < 1.29 is 8.83 Å². The molecular formula is C42H24Br2N2O2S. The molecule has 4 aromatic heterocycles. The van der Waals surface area contributed by atoms with Crippen LogP contribution in [-0.4, -0.2) is 9.13 Å². The fourth-order valence-corrected chi connectivity index (χ4v) is 9.17. The molecule has 0 saturated carbocycles. The molecule has 0 saturated heterocycles. The van der Waals surface area contributed by atoms with Gasteiger partial charge in [0, 0.05) is 54.5 Å². The second kappa shape index (κ2) is 10.5. The van der Waals surface area contributed by atoms with Crippen molar-refractivity contribution in [3.63, 3.8) is 0 Å². The van der Waals surface area contributed by atoms with Crippen molar-refractivity contribution in [1.29, 1.82) is 0 Å². The topological polar surface area (TPSA) is 36.1 Å². The van der Waals surface area contributed by atoms with Gasteiger partial charge in [0.05, 0.1) is 31.0 Å². The minimum absolute atomic E-state index is 0. The first-order valence-corrected chi connectivity index (χ1v) is 17.4. The second-order valence-electron chi connectivity index (χ2n) is 12.3. The summed E-state index contributed by atoms with van der Waals surface area (Å²) in [5.74, 6) is 0. The van der Waals surface area contributed by atoms with E-state index < -0.39 is 0 Å². The zero-order chi connectivity index (χ0) is 31.7. The third-order valence-electron chi connectivity index (χ3n) is 9.86. The molecule has 0 radical (unpaired) electrons.